The average Bonchev–Trinajstić information content (AvgIpc) is 3.03. The van der Waals surface area contributed by atoms with Gasteiger partial charge < -0.3 is 14.4 Å². The van der Waals surface area contributed by atoms with Crippen molar-refractivity contribution in [3.63, 3.8) is 0 Å². The van der Waals surface area contributed by atoms with Crippen molar-refractivity contribution in [3.05, 3.63) is 48.6 Å². The van der Waals surface area contributed by atoms with Crippen LogP contribution >= 0.6 is 0 Å². The molecule has 0 radical (unpaired) electrons. The Kier molecular flexibility index (Phi) is 33.2. The third-order valence-electron chi connectivity index (χ3n) is 8.90. The number of hydrogen-bond acceptors (Lipinski definition) is 3. The van der Waals surface area contributed by atoms with Crippen LogP contribution in [0.25, 0.3) is 0 Å². The Balaban J connectivity index is 1.92. The van der Waals surface area contributed by atoms with Crippen LogP contribution in [0.2, 0.25) is 0 Å². The van der Waals surface area contributed by atoms with Crippen molar-refractivity contribution in [2.24, 2.45) is 0 Å². The predicted molar refractivity (Wildman–Crippen MR) is 200 cm³/mol. The van der Waals surface area contributed by atoms with E-state index in [0.717, 1.165) is 39.2 Å². The molecule has 0 amide bonds. The van der Waals surface area contributed by atoms with Crippen molar-refractivity contribution in [2.45, 2.75) is 180 Å². The molecule has 0 bridgehead atoms. The highest BCUT2D eigenvalue weighted by molar-refractivity contribution is 4.93. The second kappa shape index (κ2) is 35.7. The number of unbranched alkanes of at least 4 members (excludes halogenated alkanes) is 18. The maximum Gasteiger partial charge on any atom is 0.0934 e. The zero-order valence-electron chi connectivity index (χ0n) is 30.4. The number of rotatable bonds is 35. The van der Waals surface area contributed by atoms with Crippen LogP contribution in [0, 0.1) is 0 Å². The van der Waals surface area contributed by atoms with E-state index in [1.807, 2.05) is 0 Å². The highest BCUT2D eigenvalue weighted by Gasteiger charge is 2.19. The second-order valence-corrected chi connectivity index (χ2v) is 13.4. The zero-order chi connectivity index (χ0) is 32.1. The van der Waals surface area contributed by atoms with E-state index in [1.165, 1.54) is 161 Å². The fourth-order valence-corrected chi connectivity index (χ4v) is 5.75. The molecule has 0 spiro atoms. The van der Waals surface area contributed by atoms with Gasteiger partial charge in [-0.15, -0.1) is 0 Å². The van der Waals surface area contributed by atoms with Crippen molar-refractivity contribution in [1.29, 1.82) is 0 Å². The van der Waals surface area contributed by atoms with E-state index < -0.39 is 0 Å². The van der Waals surface area contributed by atoms with E-state index in [4.69, 9.17) is 9.47 Å². The lowest BCUT2D eigenvalue weighted by molar-refractivity contribution is -0.0421. The Morgan fingerprint density at radius 1 is 0.489 bits per heavy atom. The maximum absolute atomic E-state index is 6.31. The van der Waals surface area contributed by atoms with Crippen LogP contribution in [0.5, 0.6) is 0 Å². The second-order valence-electron chi connectivity index (χ2n) is 13.4. The first-order chi connectivity index (χ1) is 22.4. The first kappa shape index (κ1) is 41.9. The number of ether oxygens (including phenoxy) is 2. The van der Waals surface area contributed by atoms with Crippen LogP contribution in [0.15, 0.2) is 48.6 Å². The van der Waals surface area contributed by atoms with Crippen LogP contribution in [-0.4, -0.2) is 50.5 Å². The Morgan fingerprint density at radius 3 is 1.36 bits per heavy atom. The van der Waals surface area contributed by atoms with Crippen LogP contribution in [0.3, 0.4) is 0 Å². The zero-order valence-corrected chi connectivity index (χ0v) is 30.4. The molecule has 1 fully saturated rings. The lowest BCUT2D eigenvalue weighted by Gasteiger charge is -2.34. The summed E-state index contributed by atoms with van der Waals surface area (Å²) in [6.07, 6.45) is 51.3. The van der Waals surface area contributed by atoms with Gasteiger partial charge in [0.2, 0.25) is 0 Å². The largest absolute Gasteiger partial charge is 0.379 e. The van der Waals surface area contributed by atoms with Gasteiger partial charge in [0.25, 0.3) is 0 Å². The van der Waals surface area contributed by atoms with Gasteiger partial charge in [-0.2, -0.15) is 0 Å². The van der Waals surface area contributed by atoms with Crippen molar-refractivity contribution < 1.29 is 9.47 Å². The molecule has 1 saturated heterocycles. The van der Waals surface area contributed by atoms with E-state index >= 15 is 0 Å². The Labute approximate surface area is 282 Å². The highest BCUT2D eigenvalue weighted by atomic mass is 16.5. The number of hydrogen-bond donors (Lipinski definition) is 0. The standard InChI is InChI=1S/C42H77NO2/c1-3-5-7-9-11-13-15-17-19-21-23-25-27-29-31-33-38-44-41-42(40-43-36-35-37-43)45-39-34-32-30-28-26-24-22-20-18-16-14-12-10-8-6-4-2/h11-14,17-20,42H,3-10,15-16,21-41H2,1-2H3/b13-11-,14-12-,19-17-,20-18-. The molecule has 45 heavy (non-hydrogen) atoms. The normalized spacial score (nSPS) is 15.0. The van der Waals surface area contributed by atoms with Crippen LogP contribution in [0.1, 0.15) is 174 Å². The van der Waals surface area contributed by atoms with Crippen LogP contribution in [0.4, 0.5) is 0 Å². The first-order valence-corrected chi connectivity index (χ1v) is 19.9. The van der Waals surface area contributed by atoms with Crippen molar-refractivity contribution in [3.8, 4) is 0 Å². The van der Waals surface area contributed by atoms with Gasteiger partial charge >= 0.3 is 0 Å². The number of nitrogens with zero attached hydrogens (tertiary/aromatic N) is 1. The maximum atomic E-state index is 6.31. The molecule has 0 aromatic heterocycles. The van der Waals surface area contributed by atoms with E-state index in [2.05, 4.69) is 67.4 Å². The molecule has 0 N–H and O–H groups in total. The molecule has 1 heterocycles. The van der Waals surface area contributed by atoms with Crippen molar-refractivity contribution in [1.82, 2.24) is 4.90 Å². The van der Waals surface area contributed by atoms with Crippen LogP contribution in [-0.2, 0) is 9.47 Å². The van der Waals surface area contributed by atoms with Gasteiger partial charge in [-0.1, -0.05) is 140 Å². The Morgan fingerprint density at radius 2 is 0.911 bits per heavy atom. The fourth-order valence-electron chi connectivity index (χ4n) is 5.75. The summed E-state index contributed by atoms with van der Waals surface area (Å²) in [7, 11) is 0. The van der Waals surface area contributed by atoms with Gasteiger partial charge in [-0.05, 0) is 96.6 Å². The summed E-state index contributed by atoms with van der Waals surface area (Å²) < 4.78 is 12.4. The average molecular weight is 628 g/mol. The lowest BCUT2D eigenvalue weighted by atomic mass is 10.1. The summed E-state index contributed by atoms with van der Waals surface area (Å²) in [6.45, 7) is 10.6. The molecule has 0 aromatic carbocycles. The Hall–Kier alpha value is -1.16. The summed E-state index contributed by atoms with van der Waals surface area (Å²) in [5.41, 5.74) is 0. The molecule has 0 aromatic rings. The van der Waals surface area contributed by atoms with Gasteiger partial charge in [0, 0.05) is 19.8 Å². The third kappa shape index (κ3) is 31.2. The quantitative estimate of drug-likeness (QED) is 0.0515. The van der Waals surface area contributed by atoms with Gasteiger partial charge in [0.1, 0.15) is 0 Å². The summed E-state index contributed by atoms with van der Waals surface area (Å²) in [4.78, 5) is 2.52. The molecule has 0 aliphatic carbocycles. The summed E-state index contributed by atoms with van der Waals surface area (Å²) in [5, 5.41) is 0. The van der Waals surface area contributed by atoms with E-state index in [1.54, 1.807) is 0 Å². The van der Waals surface area contributed by atoms with Gasteiger partial charge in [0.15, 0.2) is 0 Å². The van der Waals surface area contributed by atoms with Gasteiger partial charge in [-0.25, -0.2) is 0 Å². The number of likely N-dealkylation sites (tertiary alicyclic amines) is 1. The first-order valence-electron chi connectivity index (χ1n) is 19.9. The molecule has 1 unspecified atom stereocenters. The molecule has 1 rings (SSSR count). The molecular weight excluding hydrogens is 550 g/mol. The smallest absolute Gasteiger partial charge is 0.0934 e. The van der Waals surface area contributed by atoms with E-state index in [9.17, 15) is 0 Å². The molecule has 3 heteroatoms. The molecular formula is C42H77NO2. The molecule has 1 aliphatic rings. The summed E-state index contributed by atoms with van der Waals surface area (Å²) in [6, 6.07) is 0. The Bertz CT molecular complexity index is 693. The molecule has 3 nitrogen and oxygen atoms in total. The highest BCUT2D eigenvalue weighted by Crippen LogP contribution is 2.12. The topological polar surface area (TPSA) is 21.7 Å². The van der Waals surface area contributed by atoms with Gasteiger partial charge in [0.05, 0.1) is 12.7 Å². The summed E-state index contributed by atoms with van der Waals surface area (Å²) in [5.74, 6) is 0. The minimum absolute atomic E-state index is 0.243. The predicted octanol–water partition coefficient (Wildman–Crippen LogP) is 12.7. The molecule has 0 saturated carbocycles. The minimum Gasteiger partial charge on any atom is -0.379 e. The van der Waals surface area contributed by atoms with Gasteiger partial charge in [-0.3, -0.25) is 0 Å². The lowest BCUT2D eigenvalue weighted by Crippen LogP contribution is -2.44. The SMILES string of the molecule is CCCCC/C=C\C/C=C\CCCCCCCCOCC(CN1CCC1)OCCCCCCCC/C=C\C/C=C\CCCCC. The molecule has 1 aliphatic heterocycles. The van der Waals surface area contributed by atoms with Crippen LogP contribution < -0.4 is 0 Å². The van der Waals surface area contributed by atoms with Crippen molar-refractivity contribution >= 4 is 0 Å². The third-order valence-corrected chi connectivity index (χ3v) is 8.90. The van der Waals surface area contributed by atoms with Crippen molar-refractivity contribution in [2.75, 3.05) is 39.5 Å². The number of allylic oxidation sites excluding steroid dienone is 8. The monoisotopic (exact) mass is 628 g/mol. The van der Waals surface area contributed by atoms with E-state index in [0.29, 0.717) is 0 Å². The minimum atomic E-state index is 0.243. The molecule has 262 valence electrons. The fraction of sp³-hybridized carbons (Fsp3) is 0.810. The summed E-state index contributed by atoms with van der Waals surface area (Å²) >= 11 is 0. The molecule has 1 atom stereocenters. The van der Waals surface area contributed by atoms with E-state index in [-0.39, 0.29) is 6.10 Å².